The van der Waals surface area contributed by atoms with E-state index in [1.165, 1.54) is 64.7 Å². The molecule has 2 fully saturated rings. The van der Waals surface area contributed by atoms with Crippen LogP contribution in [0.25, 0.3) is 0 Å². The van der Waals surface area contributed by atoms with Gasteiger partial charge in [0.05, 0.1) is 18.8 Å². The molecule has 0 saturated heterocycles. The number of esters is 2. The predicted octanol–water partition coefficient (Wildman–Crippen LogP) is 5.51. The SMILES string of the molecule is CCCCCCCCCCCCCCCC(=O)O[C@H]1[C@H](C)[C@@]2(O)[C@@H](C=C(CO)C[C@]3(O)C(=O)C(C)=C[C@@H]23)[C@H]2[C@]1(OC(C)=O)[C@]2(C)CO. The molecule has 0 heterocycles. The highest BCUT2D eigenvalue weighted by Gasteiger charge is 2.89. The molecule has 0 amide bonds. The van der Waals surface area contributed by atoms with Gasteiger partial charge in [-0.3, -0.25) is 14.4 Å². The standard InChI is InChI=1S/C38H60O9/c1-6-7-8-9-10-11-12-13-14-15-16-17-18-19-31(42)46-34-26(3)37(45)29(32-35(5,24-40)38(32,34)47-27(4)41)21-28(23-39)22-36(44)30(37)20-25(2)33(36)43/h20-21,26,29-30,32,34,39-40,44-45H,6-19,22-24H2,1-5H3/t26-,29-,30+,32+,34-,35+,36+,37+,38+/m0/s1. The summed E-state index contributed by atoms with van der Waals surface area (Å²) in [5.41, 5.74) is -5.65. The lowest BCUT2D eigenvalue weighted by atomic mass is 9.59. The predicted molar refractivity (Wildman–Crippen MR) is 178 cm³/mol. The molecule has 0 bridgehead atoms. The largest absolute Gasteiger partial charge is 0.458 e. The van der Waals surface area contributed by atoms with E-state index in [-0.39, 0.29) is 12.8 Å². The maximum Gasteiger partial charge on any atom is 0.306 e. The molecule has 0 aliphatic heterocycles. The van der Waals surface area contributed by atoms with Crippen LogP contribution >= 0.6 is 0 Å². The second kappa shape index (κ2) is 15.2. The molecule has 0 unspecified atom stereocenters. The van der Waals surface area contributed by atoms with Crippen LogP contribution in [0, 0.1) is 29.1 Å². The Bertz CT molecular complexity index is 1210. The molecule has 2 saturated carbocycles. The fourth-order valence-electron chi connectivity index (χ4n) is 9.57. The molecule has 0 radical (unpaired) electrons. The highest BCUT2D eigenvalue weighted by Crippen LogP contribution is 2.77. The van der Waals surface area contributed by atoms with Crippen molar-refractivity contribution in [3.05, 3.63) is 23.3 Å². The van der Waals surface area contributed by atoms with Gasteiger partial charge in [-0.1, -0.05) is 110 Å². The smallest absolute Gasteiger partial charge is 0.306 e. The number of aliphatic hydroxyl groups is 4. The van der Waals surface area contributed by atoms with Crippen LogP contribution in [0.5, 0.6) is 0 Å². The average molecular weight is 661 g/mol. The van der Waals surface area contributed by atoms with Gasteiger partial charge in [0, 0.05) is 48.9 Å². The zero-order valence-corrected chi connectivity index (χ0v) is 29.4. The molecule has 9 heteroatoms. The molecule has 0 aromatic heterocycles. The first-order valence-electron chi connectivity index (χ1n) is 18.3. The fraction of sp³-hybridized carbons (Fsp3) is 0.816. The lowest BCUT2D eigenvalue weighted by molar-refractivity contribution is -0.228. The van der Waals surface area contributed by atoms with Crippen molar-refractivity contribution in [3.63, 3.8) is 0 Å². The number of carbonyl (C=O) groups is 3. The Hall–Kier alpha value is -2.07. The summed E-state index contributed by atoms with van der Waals surface area (Å²) in [5.74, 6) is -5.10. The van der Waals surface area contributed by atoms with Crippen LogP contribution in [0.3, 0.4) is 0 Å². The third kappa shape index (κ3) is 6.75. The third-order valence-corrected chi connectivity index (χ3v) is 12.1. The molecule has 0 aromatic carbocycles. The van der Waals surface area contributed by atoms with E-state index >= 15 is 0 Å². The van der Waals surface area contributed by atoms with Gasteiger partial charge in [-0.05, 0) is 24.5 Å². The number of Topliss-reactive ketones (excluding diaryl/α,β-unsaturated/α-hetero) is 1. The topological polar surface area (TPSA) is 151 Å². The Labute approximate surface area is 281 Å². The average Bonchev–Trinajstić information content (AvgIpc) is 3.51. The zero-order chi connectivity index (χ0) is 34.6. The van der Waals surface area contributed by atoms with Crippen LogP contribution in [0.2, 0.25) is 0 Å². The van der Waals surface area contributed by atoms with Crippen LogP contribution in [0.15, 0.2) is 23.3 Å². The minimum atomic E-state index is -1.99. The highest BCUT2D eigenvalue weighted by molar-refractivity contribution is 6.04. The van der Waals surface area contributed by atoms with Crippen LogP contribution in [-0.4, -0.2) is 74.3 Å². The number of hydrogen-bond acceptors (Lipinski definition) is 9. The lowest BCUT2D eigenvalue weighted by Crippen LogP contribution is -2.66. The second-order valence-corrected chi connectivity index (χ2v) is 15.3. The summed E-state index contributed by atoms with van der Waals surface area (Å²) < 4.78 is 12.2. The molecular formula is C38H60O9. The number of ketones is 1. The van der Waals surface area contributed by atoms with Crippen molar-refractivity contribution in [1.82, 2.24) is 0 Å². The normalized spacial score (nSPS) is 37.2. The van der Waals surface area contributed by atoms with E-state index in [9.17, 15) is 34.8 Å². The first-order chi connectivity index (χ1) is 22.3. The summed E-state index contributed by atoms with van der Waals surface area (Å²) in [4.78, 5) is 39.3. The van der Waals surface area contributed by atoms with Gasteiger partial charge < -0.3 is 29.9 Å². The van der Waals surface area contributed by atoms with E-state index in [1.807, 2.05) is 0 Å². The number of carbonyl (C=O) groups excluding carboxylic acids is 3. The van der Waals surface area contributed by atoms with Gasteiger partial charge in [-0.15, -0.1) is 0 Å². The molecule has 0 spiro atoms. The van der Waals surface area contributed by atoms with Crippen molar-refractivity contribution in [2.24, 2.45) is 29.1 Å². The van der Waals surface area contributed by atoms with Crippen molar-refractivity contribution in [3.8, 4) is 0 Å². The van der Waals surface area contributed by atoms with Crippen LogP contribution in [-0.2, 0) is 23.9 Å². The number of fused-ring (bicyclic) bond motifs is 5. The van der Waals surface area contributed by atoms with Gasteiger partial charge in [0.25, 0.3) is 0 Å². The Morgan fingerprint density at radius 1 is 0.915 bits per heavy atom. The molecule has 4 rings (SSSR count). The quantitative estimate of drug-likeness (QED) is 0.0848. The second-order valence-electron chi connectivity index (χ2n) is 15.3. The highest BCUT2D eigenvalue weighted by atomic mass is 16.6. The molecule has 9 nitrogen and oxygen atoms in total. The number of hydrogen-bond donors (Lipinski definition) is 4. The first kappa shape index (κ1) is 37.7. The van der Waals surface area contributed by atoms with E-state index in [4.69, 9.17) is 9.47 Å². The van der Waals surface area contributed by atoms with Gasteiger partial charge in [0.15, 0.2) is 11.4 Å². The Morgan fingerprint density at radius 2 is 1.47 bits per heavy atom. The summed E-state index contributed by atoms with van der Waals surface area (Å²) in [6.45, 7) is 7.68. The van der Waals surface area contributed by atoms with Gasteiger partial charge in [0.1, 0.15) is 11.7 Å². The Morgan fingerprint density at radius 3 is 1.98 bits per heavy atom. The number of ether oxygens (including phenoxy) is 2. The summed E-state index contributed by atoms with van der Waals surface area (Å²) in [6, 6.07) is 0. The summed E-state index contributed by atoms with van der Waals surface area (Å²) >= 11 is 0. The Balaban J connectivity index is 1.46. The maximum absolute atomic E-state index is 13.4. The first-order valence-corrected chi connectivity index (χ1v) is 18.3. The van der Waals surface area contributed by atoms with Crippen molar-refractivity contribution in [2.75, 3.05) is 13.2 Å². The van der Waals surface area contributed by atoms with E-state index in [0.717, 1.165) is 19.3 Å². The number of unbranched alkanes of at least 4 members (excludes halogenated alkanes) is 12. The van der Waals surface area contributed by atoms with Crippen LogP contribution in [0.4, 0.5) is 0 Å². The van der Waals surface area contributed by atoms with Crippen molar-refractivity contribution in [1.29, 1.82) is 0 Å². The zero-order valence-electron chi connectivity index (χ0n) is 29.4. The van der Waals surface area contributed by atoms with E-state index in [2.05, 4.69) is 6.92 Å². The molecule has 4 aliphatic rings. The molecule has 266 valence electrons. The van der Waals surface area contributed by atoms with Crippen molar-refractivity contribution >= 4 is 17.7 Å². The fourth-order valence-corrected chi connectivity index (χ4v) is 9.57. The minimum Gasteiger partial charge on any atom is -0.458 e. The molecule has 4 aliphatic carbocycles. The van der Waals surface area contributed by atoms with Crippen molar-refractivity contribution in [2.45, 2.75) is 154 Å². The van der Waals surface area contributed by atoms with Crippen LogP contribution in [0.1, 0.15) is 131 Å². The minimum absolute atomic E-state index is 0.166. The van der Waals surface area contributed by atoms with E-state index in [0.29, 0.717) is 17.6 Å². The van der Waals surface area contributed by atoms with Crippen molar-refractivity contribution < 1.29 is 44.3 Å². The van der Waals surface area contributed by atoms with Crippen LogP contribution < -0.4 is 0 Å². The van der Waals surface area contributed by atoms with E-state index < -0.39 is 82.9 Å². The monoisotopic (exact) mass is 660 g/mol. The maximum atomic E-state index is 13.4. The lowest BCUT2D eigenvalue weighted by Gasteiger charge is -2.53. The number of rotatable bonds is 18. The summed E-state index contributed by atoms with van der Waals surface area (Å²) in [7, 11) is 0. The van der Waals surface area contributed by atoms with Gasteiger partial charge in [-0.2, -0.15) is 0 Å². The Kier molecular flexibility index (Phi) is 12.2. The molecule has 9 atom stereocenters. The van der Waals surface area contributed by atoms with Gasteiger partial charge in [0.2, 0.25) is 0 Å². The number of aliphatic hydroxyl groups excluding tert-OH is 2. The van der Waals surface area contributed by atoms with Gasteiger partial charge in [-0.25, -0.2) is 0 Å². The summed E-state index contributed by atoms with van der Waals surface area (Å²) in [6.07, 6.45) is 17.5. The third-order valence-electron chi connectivity index (χ3n) is 12.1. The van der Waals surface area contributed by atoms with Gasteiger partial charge >= 0.3 is 11.9 Å². The molecule has 4 N–H and O–H groups in total. The molecule has 0 aromatic rings. The summed E-state index contributed by atoms with van der Waals surface area (Å²) in [5, 5.41) is 45.6. The van der Waals surface area contributed by atoms with E-state index in [1.54, 1.807) is 32.9 Å². The molecule has 47 heavy (non-hydrogen) atoms. The molecular weight excluding hydrogens is 600 g/mol.